The van der Waals surface area contributed by atoms with E-state index in [0.29, 0.717) is 24.6 Å². The van der Waals surface area contributed by atoms with Crippen LogP contribution >= 0.6 is 0 Å². The third-order valence-corrected chi connectivity index (χ3v) is 3.00. The first-order chi connectivity index (χ1) is 8.91. The summed E-state index contributed by atoms with van der Waals surface area (Å²) in [4.78, 5) is 14.2. The topological polar surface area (TPSA) is 67.4 Å². The number of nitrogens with one attached hydrogen (secondary N) is 1. The highest BCUT2D eigenvalue weighted by molar-refractivity contribution is 5.92. The first kappa shape index (κ1) is 13.7. The number of carbonyl (C=O) groups is 1. The smallest absolute Gasteiger partial charge is 0.274 e. The minimum absolute atomic E-state index is 0.0252. The molecule has 1 aromatic rings. The Morgan fingerprint density at radius 2 is 2.21 bits per heavy atom. The molecule has 0 aromatic carbocycles. The molecule has 0 aliphatic carbocycles. The van der Waals surface area contributed by atoms with Gasteiger partial charge in [-0.05, 0) is 32.9 Å². The summed E-state index contributed by atoms with van der Waals surface area (Å²) < 4.78 is 5.79. The average Bonchev–Trinajstić information content (AvgIpc) is 2.35. The van der Waals surface area contributed by atoms with E-state index in [0.717, 1.165) is 0 Å². The SMILES string of the molecule is CNc1ccc(C(=O)N2CC(C)OC(C)(C)C2)nn1. The van der Waals surface area contributed by atoms with Gasteiger partial charge in [0.25, 0.3) is 5.91 Å². The third-order valence-electron chi connectivity index (χ3n) is 3.00. The van der Waals surface area contributed by atoms with E-state index in [4.69, 9.17) is 4.74 Å². The number of hydrogen-bond donors (Lipinski definition) is 1. The van der Waals surface area contributed by atoms with Gasteiger partial charge in [-0.1, -0.05) is 0 Å². The maximum atomic E-state index is 12.4. The summed E-state index contributed by atoms with van der Waals surface area (Å²) in [6.45, 7) is 7.08. The van der Waals surface area contributed by atoms with Crippen LogP contribution in [0.4, 0.5) is 5.82 Å². The van der Waals surface area contributed by atoms with E-state index < -0.39 is 0 Å². The van der Waals surface area contributed by atoms with Gasteiger partial charge in [-0.15, -0.1) is 10.2 Å². The summed E-state index contributed by atoms with van der Waals surface area (Å²) in [5.74, 6) is 0.547. The normalized spacial score (nSPS) is 22.1. The van der Waals surface area contributed by atoms with Gasteiger partial charge >= 0.3 is 0 Å². The molecular weight excluding hydrogens is 244 g/mol. The molecule has 1 fully saturated rings. The van der Waals surface area contributed by atoms with Crippen LogP contribution in [0.1, 0.15) is 31.3 Å². The second-order valence-corrected chi connectivity index (χ2v) is 5.43. The lowest BCUT2D eigenvalue weighted by Gasteiger charge is -2.41. The Kier molecular flexibility index (Phi) is 3.71. The van der Waals surface area contributed by atoms with Crippen molar-refractivity contribution >= 4 is 11.7 Å². The Morgan fingerprint density at radius 1 is 1.47 bits per heavy atom. The van der Waals surface area contributed by atoms with Crippen LogP contribution in [0.3, 0.4) is 0 Å². The average molecular weight is 264 g/mol. The van der Waals surface area contributed by atoms with Crippen LogP contribution in [0.15, 0.2) is 12.1 Å². The van der Waals surface area contributed by atoms with Crippen molar-refractivity contribution in [2.75, 3.05) is 25.5 Å². The molecule has 1 aliphatic heterocycles. The fourth-order valence-corrected chi connectivity index (χ4v) is 2.35. The highest BCUT2D eigenvalue weighted by Gasteiger charge is 2.34. The van der Waals surface area contributed by atoms with E-state index >= 15 is 0 Å². The van der Waals surface area contributed by atoms with Crippen molar-refractivity contribution in [1.29, 1.82) is 0 Å². The predicted molar refractivity (Wildman–Crippen MR) is 72.1 cm³/mol. The molecule has 1 aliphatic rings. The number of amides is 1. The Morgan fingerprint density at radius 3 is 2.74 bits per heavy atom. The number of nitrogens with zero attached hydrogens (tertiary/aromatic N) is 3. The first-order valence-corrected chi connectivity index (χ1v) is 6.40. The number of anilines is 1. The Hall–Kier alpha value is -1.69. The summed E-state index contributed by atoms with van der Waals surface area (Å²) in [5, 5.41) is 10.8. The van der Waals surface area contributed by atoms with Crippen LogP contribution in [0, 0.1) is 0 Å². The van der Waals surface area contributed by atoms with Gasteiger partial charge in [0.15, 0.2) is 5.69 Å². The standard InChI is InChI=1S/C13H20N4O2/c1-9-7-17(8-13(2,3)19-9)12(18)10-5-6-11(14-4)16-15-10/h5-6,9H,7-8H2,1-4H3,(H,14,16). The molecule has 1 atom stereocenters. The molecule has 19 heavy (non-hydrogen) atoms. The van der Waals surface area contributed by atoms with E-state index in [1.165, 1.54) is 0 Å². The van der Waals surface area contributed by atoms with Crippen LogP contribution in [-0.2, 0) is 4.74 Å². The maximum absolute atomic E-state index is 12.4. The van der Waals surface area contributed by atoms with E-state index in [1.54, 1.807) is 24.1 Å². The molecule has 2 heterocycles. The van der Waals surface area contributed by atoms with Crippen molar-refractivity contribution in [3.63, 3.8) is 0 Å². The molecule has 2 rings (SSSR count). The number of morpholine rings is 1. The number of ether oxygens (including phenoxy) is 1. The highest BCUT2D eigenvalue weighted by Crippen LogP contribution is 2.21. The van der Waals surface area contributed by atoms with Crippen LogP contribution in [0.5, 0.6) is 0 Å². The monoisotopic (exact) mass is 264 g/mol. The van der Waals surface area contributed by atoms with Gasteiger partial charge < -0.3 is 15.0 Å². The van der Waals surface area contributed by atoms with Gasteiger partial charge in [-0.2, -0.15) is 0 Å². The summed E-state index contributed by atoms with van der Waals surface area (Å²) in [7, 11) is 1.76. The summed E-state index contributed by atoms with van der Waals surface area (Å²) in [6.07, 6.45) is 0.0252. The van der Waals surface area contributed by atoms with Gasteiger partial charge in [-0.25, -0.2) is 0 Å². The fourth-order valence-electron chi connectivity index (χ4n) is 2.35. The molecule has 1 saturated heterocycles. The lowest BCUT2D eigenvalue weighted by molar-refractivity contribution is -0.119. The van der Waals surface area contributed by atoms with Gasteiger partial charge in [0, 0.05) is 20.1 Å². The van der Waals surface area contributed by atoms with E-state index in [9.17, 15) is 4.79 Å². The van der Waals surface area contributed by atoms with Crippen molar-refractivity contribution in [2.24, 2.45) is 0 Å². The lowest BCUT2D eigenvalue weighted by Crippen LogP contribution is -2.53. The van der Waals surface area contributed by atoms with E-state index in [1.807, 2.05) is 20.8 Å². The zero-order valence-corrected chi connectivity index (χ0v) is 11.8. The van der Waals surface area contributed by atoms with Gasteiger partial charge in [0.05, 0.1) is 11.7 Å². The minimum atomic E-state index is -0.328. The largest absolute Gasteiger partial charge is 0.372 e. The van der Waals surface area contributed by atoms with Crippen LogP contribution < -0.4 is 5.32 Å². The van der Waals surface area contributed by atoms with Crippen LogP contribution in [0.25, 0.3) is 0 Å². The molecule has 0 bridgehead atoms. The van der Waals surface area contributed by atoms with Gasteiger partial charge in [0.2, 0.25) is 0 Å². The van der Waals surface area contributed by atoms with Crippen molar-refractivity contribution in [3.8, 4) is 0 Å². The van der Waals surface area contributed by atoms with Gasteiger partial charge in [0.1, 0.15) is 5.82 Å². The Labute approximate surface area is 113 Å². The van der Waals surface area contributed by atoms with Crippen LogP contribution in [-0.4, -0.2) is 52.8 Å². The number of hydrogen-bond acceptors (Lipinski definition) is 5. The molecule has 104 valence electrons. The number of aromatic nitrogens is 2. The first-order valence-electron chi connectivity index (χ1n) is 6.40. The van der Waals surface area contributed by atoms with Crippen molar-refractivity contribution < 1.29 is 9.53 Å². The summed E-state index contributed by atoms with van der Waals surface area (Å²) in [5.41, 5.74) is 0.0370. The Balaban J connectivity index is 2.14. The molecular formula is C13H20N4O2. The summed E-state index contributed by atoms with van der Waals surface area (Å²) >= 11 is 0. The molecule has 1 N–H and O–H groups in total. The summed E-state index contributed by atoms with van der Waals surface area (Å²) in [6, 6.07) is 3.43. The van der Waals surface area contributed by atoms with E-state index in [-0.39, 0.29) is 17.6 Å². The Bertz CT molecular complexity index is 458. The van der Waals surface area contributed by atoms with Crippen LogP contribution in [0.2, 0.25) is 0 Å². The third kappa shape index (κ3) is 3.20. The molecule has 6 heteroatoms. The lowest BCUT2D eigenvalue weighted by atomic mass is 10.1. The maximum Gasteiger partial charge on any atom is 0.274 e. The van der Waals surface area contributed by atoms with Crippen molar-refractivity contribution in [1.82, 2.24) is 15.1 Å². The molecule has 6 nitrogen and oxygen atoms in total. The highest BCUT2D eigenvalue weighted by atomic mass is 16.5. The molecule has 1 aromatic heterocycles. The zero-order valence-electron chi connectivity index (χ0n) is 11.8. The molecule has 0 saturated carbocycles. The molecule has 0 spiro atoms. The predicted octanol–water partition coefficient (Wildman–Crippen LogP) is 1.16. The molecule has 0 radical (unpaired) electrons. The quantitative estimate of drug-likeness (QED) is 0.868. The minimum Gasteiger partial charge on any atom is -0.372 e. The van der Waals surface area contributed by atoms with Crippen molar-refractivity contribution in [2.45, 2.75) is 32.5 Å². The van der Waals surface area contributed by atoms with Gasteiger partial charge in [-0.3, -0.25) is 4.79 Å². The zero-order chi connectivity index (χ0) is 14.0. The molecule has 1 amide bonds. The number of carbonyl (C=O) groups excluding carboxylic acids is 1. The second-order valence-electron chi connectivity index (χ2n) is 5.43. The fraction of sp³-hybridized carbons (Fsp3) is 0.615. The van der Waals surface area contributed by atoms with E-state index in [2.05, 4.69) is 15.5 Å². The second kappa shape index (κ2) is 5.13. The van der Waals surface area contributed by atoms with Crippen molar-refractivity contribution in [3.05, 3.63) is 17.8 Å². The molecule has 1 unspecified atom stereocenters. The number of rotatable bonds is 2.